The molecule has 15 rings (SSSR count). The number of thiophene rings is 2. The average molecular weight is 902 g/mol. The van der Waals surface area contributed by atoms with Gasteiger partial charge in [0, 0.05) is 79.6 Å². The van der Waals surface area contributed by atoms with Crippen molar-refractivity contribution < 1.29 is 0 Å². The van der Waals surface area contributed by atoms with E-state index in [9.17, 15) is 0 Å². The maximum Gasteiger partial charge on any atom is 0.164 e. The molecule has 15 aromatic rings. The molecule has 0 saturated carbocycles. The third kappa shape index (κ3) is 5.57. The zero-order chi connectivity index (χ0) is 44.5. The molecule has 10 aromatic carbocycles. The van der Waals surface area contributed by atoms with Crippen molar-refractivity contribution in [2.75, 3.05) is 0 Å². The van der Waals surface area contributed by atoms with Crippen molar-refractivity contribution in [2.45, 2.75) is 0 Å². The van der Waals surface area contributed by atoms with Crippen molar-refractivity contribution in [3.8, 4) is 45.5 Å². The number of benzene rings is 10. The highest BCUT2D eigenvalue weighted by Crippen LogP contribution is 2.46. The van der Waals surface area contributed by atoms with Gasteiger partial charge in [-0.3, -0.25) is 0 Å². The molecule has 0 spiro atoms. The second-order valence-electron chi connectivity index (χ2n) is 17.5. The summed E-state index contributed by atoms with van der Waals surface area (Å²) in [4.78, 5) is 16.4. The van der Waals surface area contributed by atoms with Crippen molar-refractivity contribution in [3.63, 3.8) is 0 Å². The molecule has 0 radical (unpaired) electrons. The molecule has 5 nitrogen and oxygen atoms in total. The predicted octanol–water partition coefficient (Wildman–Crippen LogP) is 17.0. The summed E-state index contributed by atoms with van der Waals surface area (Å²) < 4.78 is 9.72. The Morgan fingerprint density at radius 1 is 0.324 bits per heavy atom. The number of hydrogen-bond donors (Lipinski definition) is 0. The minimum absolute atomic E-state index is 0.623. The summed E-state index contributed by atoms with van der Waals surface area (Å²) in [5.41, 5.74) is 9.69. The minimum Gasteiger partial charge on any atom is -0.309 e. The van der Waals surface area contributed by atoms with Crippen molar-refractivity contribution in [1.82, 2.24) is 24.1 Å². The zero-order valence-electron chi connectivity index (χ0n) is 36.3. The topological polar surface area (TPSA) is 48.5 Å². The van der Waals surface area contributed by atoms with Crippen LogP contribution in [0.3, 0.4) is 0 Å². The molecule has 0 fully saturated rings. The van der Waals surface area contributed by atoms with Gasteiger partial charge in [0.2, 0.25) is 0 Å². The smallest absolute Gasteiger partial charge is 0.164 e. The first-order chi connectivity index (χ1) is 33.7. The molecule has 0 aliphatic carbocycles. The first-order valence-electron chi connectivity index (χ1n) is 22.8. The molecule has 0 N–H and O–H groups in total. The first kappa shape index (κ1) is 37.7. The summed E-state index contributed by atoms with van der Waals surface area (Å²) in [6.07, 6.45) is 0. The van der Waals surface area contributed by atoms with Crippen LogP contribution in [0.2, 0.25) is 0 Å². The normalized spacial score (nSPS) is 12.1. The molecule has 0 saturated heterocycles. The van der Waals surface area contributed by atoms with E-state index in [1.54, 1.807) is 0 Å². The Hall–Kier alpha value is -8.49. The van der Waals surface area contributed by atoms with Gasteiger partial charge in [-0.15, -0.1) is 22.7 Å². The molecule has 0 bridgehead atoms. The van der Waals surface area contributed by atoms with Gasteiger partial charge in [-0.25, -0.2) is 15.0 Å². The molecule has 0 aliphatic rings. The van der Waals surface area contributed by atoms with Gasteiger partial charge in [0.25, 0.3) is 0 Å². The number of hydrogen-bond acceptors (Lipinski definition) is 5. The minimum atomic E-state index is 0.623. The molecule has 7 heteroatoms. The second-order valence-corrected chi connectivity index (χ2v) is 19.7. The first-order valence-corrected chi connectivity index (χ1v) is 24.5. The lowest BCUT2D eigenvalue weighted by Gasteiger charge is -2.14. The fraction of sp³-hybridized carbons (Fsp3) is 0. The molecule has 0 unspecified atom stereocenters. The highest BCUT2D eigenvalue weighted by Gasteiger charge is 2.23. The van der Waals surface area contributed by atoms with Crippen LogP contribution in [-0.4, -0.2) is 24.1 Å². The summed E-state index contributed by atoms with van der Waals surface area (Å²) in [6.45, 7) is 0. The van der Waals surface area contributed by atoms with E-state index in [0.29, 0.717) is 17.5 Å². The van der Waals surface area contributed by atoms with Crippen LogP contribution in [0, 0.1) is 0 Å². The van der Waals surface area contributed by atoms with Crippen LogP contribution in [0.15, 0.2) is 212 Å². The van der Waals surface area contributed by atoms with E-state index in [2.05, 4.69) is 221 Å². The van der Waals surface area contributed by atoms with E-state index in [-0.39, 0.29) is 0 Å². The number of para-hydroxylation sites is 3. The predicted molar refractivity (Wildman–Crippen MR) is 288 cm³/mol. The van der Waals surface area contributed by atoms with E-state index < -0.39 is 0 Å². The van der Waals surface area contributed by atoms with E-state index in [1.807, 2.05) is 22.7 Å². The Morgan fingerprint density at radius 3 is 1.68 bits per heavy atom. The van der Waals surface area contributed by atoms with Gasteiger partial charge < -0.3 is 9.13 Å². The Balaban J connectivity index is 1.01. The zero-order valence-corrected chi connectivity index (χ0v) is 37.9. The largest absolute Gasteiger partial charge is 0.309 e. The summed E-state index contributed by atoms with van der Waals surface area (Å²) in [5.74, 6) is 1.90. The third-order valence-electron chi connectivity index (χ3n) is 13.7. The lowest BCUT2D eigenvalue weighted by Crippen LogP contribution is -2.01. The summed E-state index contributed by atoms with van der Waals surface area (Å²) in [6, 6.07) is 76.6. The van der Waals surface area contributed by atoms with Crippen molar-refractivity contribution in [1.29, 1.82) is 0 Å². The molecule has 68 heavy (non-hydrogen) atoms. The van der Waals surface area contributed by atoms with Gasteiger partial charge in [-0.1, -0.05) is 127 Å². The van der Waals surface area contributed by atoms with E-state index in [1.165, 1.54) is 78.3 Å². The van der Waals surface area contributed by atoms with Crippen molar-refractivity contribution in [2.24, 2.45) is 0 Å². The molecule has 0 amide bonds. The van der Waals surface area contributed by atoms with Crippen LogP contribution in [0.4, 0.5) is 0 Å². The highest BCUT2D eigenvalue weighted by molar-refractivity contribution is 7.26. The van der Waals surface area contributed by atoms with Crippen LogP contribution in [0.25, 0.3) is 140 Å². The van der Waals surface area contributed by atoms with Crippen LogP contribution in [0.5, 0.6) is 0 Å². The molecular weight excluding hydrogens is 867 g/mol. The van der Waals surface area contributed by atoms with Gasteiger partial charge in [0.05, 0.1) is 32.5 Å². The Bertz CT molecular complexity index is 4570. The third-order valence-corrected chi connectivity index (χ3v) is 16.1. The quantitative estimate of drug-likeness (QED) is 0.173. The SMILES string of the molecule is c1ccc(-n2c3ccccc3c3ccc(-c4nc(-c5ccc6sc7ccccc7c6c5)nc(-c5ccc(-n6c7ccccc7c7cc8ccccc8cc76)c6sc7ccccc7c56)n4)cc32)cc1. The van der Waals surface area contributed by atoms with Gasteiger partial charge >= 0.3 is 0 Å². The Morgan fingerprint density at radius 2 is 0.882 bits per heavy atom. The average Bonchev–Trinajstić information content (AvgIpc) is 4.15. The number of aromatic nitrogens is 5. The number of nitrogens with zero attached hydrogens (tertiary/aromatic N) is 5. The van der Waals surface area contributed by atoms with Gasteiger partial charge in [0.1, 0.15) is 0 Å². The fourth-order valence-electron chi connectivity index (χ4n) is 10.7. The summed E-state index contributed by atoms with van der Waals surface area (Å²) >= 11 is 3.65. The Labute approximate surface area is 397 Å². The lowest BCUT2D eigenvalue weighted by atomic mass is 10.0. The molecule has 5 aromatic heterocycles. The standard InChI is InChI=1S/C61H35N5S2/c1-2-16-40(17-3-1)65-49-22-10-6-18-41(49)43-28-26-39(35-52(43)65)60-62-59(38-27-31-56-48(33-38)44-20-8-12-24-54(44)67-56)63-61(64-60)46-29-30-51(58-57(46)45-21-9-13-25-55(45)68-58)66-50-23-11-7-19-42(50)47-32-36-14-4-5-15-37(36)34-53(47)66/h1-35H. The summed E-state index contributed by atoms with van der Waals surface area (Å²) in [5, 5.41) is 12.1. The number of rotatable bonds is 5. The monoisotopic (exact) mass is 901 g/mol. The molecule has 5 heterocycles. The van der Waals surface area contributed by atoms with E-state index >= 15 is 0 Å². The van der Waals surface area contributed by atoms with E-state index in [0.717, 1.165) is 44.5 Å². The maximum absolute atomic E-state index is 5.50. The molecule has 0 aliphatic heterocycles. The fourth-order valence-corrected chi connectivity index (χ4v) is 13.0. The lowest BCUT2D eigenvalue weighted by molar-refractivity contribution is 1.08. The van der Waals surface area contributed by atoms with Gasteiger partial charge in [-0.2, -0.15) is 0 Å². The Kier molecular flexibility index (Phi) is 8.04. The maximum atomic E-state index is 5.50. The molecule has 316 valence electrons. The van der Waals surface area contributed by atoms with Gasteiger partial charge in [-0.05, 0) is 95.7 Å². The molecular formula is C61H35N5S2. The van der Waals surface area contributed by atoms with Crippen LogP contribution < -0.4 is 0 Å². The van der Waals surface area contributed by atoms with Gasteiger partial charge in [0.15, 0.2) is 17.5 Å². The van der Waals surface area contributed by atoms with E-state index in [4.69, 9.17) is 15.0 Å². The highest BCUT2D eigenvalue weighted by atomic mass is 32.1. The van der Waals surface area contributed by atoms with Crippen LogP contribution in [-0.2, 0) is 0 Å². The van der Waals surface area contributed by atoms with Crippen LogP contribution in [0.1, 0.15) is 0 Å². The second kappa shape index (κ2) is 14.5. The summed E-state index contributed by atoms with van der Waals surface area (Å²) in [7, 11) is 0. The van der Waals surface area contributed by atoms with Crippen molar-refractivity contribution >= 4 is 117 Å². The van der Waals surface area contributed by atoms with Crippen molar-refractivity contribution in [3.05, 3.63) is 212 Å². The molecule has 0 atom stereocenters. The van der Waals surface area contributed by atoms with Crippen LogP contribution >= 0.6 is 22.7 Å². The number of fused-ring (bicyclic) bond motifs is 13.